The zero-order valence-corrected chi connectivity index (χ0v) is 7.70. The van der Waals surface area contributed by atoms with Crippen LogP contribution in [0.25, 0.3) is 0 Å². The van der Waals surface area contributed by atoms with Crippen LogP contribution in [-0.2, 0) is 0 Å². The molecule has 0 aromatic heterocycles. The van der Waals surface area contributed by atoms with Gasteiger partial charge in [0.1, 0.15) is 0 Å². The van der Waals surface area contributed by atoms with Gasteiger partial charge < -0.3 is 0 Å². The van der Waals surface area contributed by atoms with Crippen molar-refractivity contribution in [3.05, 3.63) is 71.8 Å². The molecule has 0 unspecified atom stereocenters. The molecule has 0 saturated carbocycles. The normalized spacial score (nSPS) is 8.86. The molecule has 0 spiro atoms. The summed E-state index contributed by atoms with van der Waals surface area (Å²) in [5.41, 5.74) is 1.96. The number of benzene rings is 2. The average Bonchev–Trinajstić information content (AvgIpc) is 2.29. The lowest BCUT2D eigenvalue weighted by molar-refractivity contribution is 1.61. The van der Waals surface area contributed by atoms with Crippen molar-refractivity contribution in [1.29, 1.82) is 0 Å². The molecule has 1 radical (unpaired) electrons. The van der Waals surface area contributed by atoms with E-state index in [0.29, 0.717) is 0 Å². The van der Waals surface area contributed by atoms with Gasteiger partial charge in [-0.05, 0) is 24.3 Å². The van der Waals surface area contributed by atoms with Crippen LogP contribution in [0.3, 0.4) is 0 Å². The quantitative estimate of drug-likeness (QED) is 0.543. The van der Waals surface area contributed by atoms with Gasteiger partial charge in [-0.25, -0.2) is 0 Å². The van der Waals surface area contributed by atoms with Crippen molar-refractivity contribution in [3.8, 4) is 11.8 Å². The van der Waals surface area contributed by atoms with Crippen LogP contribution in [0.1, 0.15) is 11.1 Å². The number of rotatable bonds is 0. The van der Waals surface area contributed by atoms with Gasteiger partial charge >= 0.3 is 0 Å². The van der Waals surface area contributed by atoms with Crippen molar-refractivity contribution in [2.45, 2.75) is 0 Å². The Kier molecular flexibility index (Phi) is 2.64. The Morgan fingerprint density at radius 3 is 2.29 bits per heavy atom. The molecule has 0 saturated heterocycles. The molecule has 2 aromatic carbocycles. The number of hydrogen-bond acceptors (Lipinski definition) is 0. The summed E-state index contributed by atoms with van der Waals surface area (Å²) in [6.07, 6.45) is 0. The molecule has 0 heterocycles. The first-order valence-corrected chi connectivity index (χ1v) is 4.49. The smallest absolute Gasteiger partial charge is 0.0327 e. The van der Waals surface area contributed by atoms with Crippen LogP contribution in [-0.4, -0.2) is 0 Å². The van der Waals surface area contributed by atoms with Crippen LogP contribution < -0.4 is 0 Å². The van der Waals surface area contributed by atoms with E-state index in [1.165, 1.54) is 0 Å². The van der Waals surface area contributed by atoms with Crippen molar-refractivity contribution in [1.82, 2.24) is 0 Å². The minimum absolute atomic E-state index is 0.927. The summed E-state index contributed by atoms with van der Waals surface area (Å²) in [5.74, 6) is 6.14. The Labute approximate surface area is 84.2 Å². The van der Waals surface area contributed by atoms with Gasteiger partial charge in [-0.3, -0.25) is 0 Å². The molecule has 0 aliphatic rings. The standard InChI is InChI=1S/C14H9/c1-3-7-13(8-4-1)11-12-14-9-5-2-6-10-14/h1-9H. The first-order chi connectivity index (χ1) is 6.95. The summed E-state index contributed by atoms with van der Waals surface area (Å²) in [5, 5.41) is 0. The first-order valence-electron chi connectivity index (χ1n) is 4.49. The van der Waals surface area contributed by atoms with Crippen LogP contribution in [0, 0.1) is 17.9 Å². The van der Waals surface area contributed by atoms with Crippen LogP contribution in [0.2, 0.25) is 0 Å². The van der Waals surface area contributed by atoms with Crippen LogP contribution in [0.5, 0.6) is 0 Å². The molecule has 0 atom stereocenters. The van der Waals surface area contributed by atoms with Gasteiger partial charge in [-0.2, -0.15) is 0 Å². The second kappa shape index (κ2) is 4.30. The molecule has 0 aliphatic carbocycles. The highest BCUT2D eigenvalue weighted by Gasteiger charge is 1.83. The molecule has 0 aliphatic heterocycles. The van der Waals surface area contributed by atoms with Gasteiger partial charge in [-0.15, -0.1) is 0 Å². The Bertz CT molecular complexity index is 400. The van der Waals surface area contributed by atoms with Gasteiger partial charge in [0.25, 0.3) is 0 Å². The zero-order chi connectivity index (χ0) is 9.64. The second-order valence-corrected chi connectivity index (χ2v) is 2.89. The van der Waals surface area contributed by atoms with Crippen molar-refractivity contribution in [2.75, 3.05) is 0 Å². The lowest BCUT2D eigenvalue weighted by atomic mass is 10.2. The molecular weight excluding hydrogens is 168 g/mol. The molecule has 0 nitrogen and oxygen atoms in total. The van der Waals surface area contributed by atoms with E-state index in [1.807, 2.05) is 54.6 Å². The van der Waals surface area contributed by atoms with Gasteiger partial charge in [0, 0.05) is 11.1 Å². The molecule has 0 amide bonds. The summed E-state index contributed by atoms with van der Waals surface area (Å²) in [4.78, 5) is 0. The Morgan fingerprint density at radius 1 is 0.786 bits per heavy atom. The molecule has 0 N–H and O–H groups in total. The molecular formula is C14H9. The summed E-state index contributed by atoms with van der Waals surface area (Å²) in [6, 6.07) is 20.7. The third-order valence-electron chi connectivity index (χ3n) is 1.82. The summed E-state index contributed by atoms with van der Waals surface area (Å²) in [7, 11) is 0. The van der Waals surface area contributed by atoms with E-state index in [0.717, 1.165) is 11.1 Å². The predicted octanol–water partition coefficient (Wildman–Crippen LogP) is 2.89. The molecule has 14 heavy (non-hydrogen) atoms. The van der Waals surface area contributed by atoms with Crippen molar-refractivity contribution in [3.63, 3.8) is 0 Å². The second-order valence-electron chi connectivity index (χ2n) is 2.89. The number of hydrogen-bond donors (Lipinski definition) is 0. The van der Waals surface area contributed by atoms with E-state index in [2.05, 4.69) is 17.9 Å². The van der Waals surface area contributed by atoms with Gasteiger partial charge in [0.15, 0.2) is 0 Å². The minimum atomic E-state index is 0.927. The van der Waals surface area contributed by atoms with Crippen LogP contribution in [0.15, 0.2) is 54.6 Å². The predicted molar refractivity (Wildman–Crippen MR) is 57.7 cm³/mol. The topological polar surface area (TPSA) is 0 Å². The summed E-state index contributed by atoms with van der Waals surface area (Å²) >= 11 is 0. The minimum Gasteiger partial charge on any atom is -0.0622 e. The van der Waals surface area contributed by atoms with Crippen molar-refractivity contribution < 1.29 is 0 Å². The zero-order valence-electron chi connectivity index (χ0n) is 7.70. The van der Waals surface area contributed by atoms with E-state index in [-0.39, 0.29) is 0 Å². The van der Waals surface area contributed by atoms with E-state index in [1.54, 1.807) is 0 Å². The molecule has 65 valence electrons. The van der Waals surface area contributed by atoms with Gasteiger partial charge in [0.05, 0.1) is 0 Å². The van der Waals surface area contributed by atoms with E-state index < -0.39 is 0 Å². The van der Waals surface area contributed by atoms with Crippen LogP contribution in [0.4, 0.5) is 0 Å². The fourth-order valence-corrected chi connectivity index (χ4v) is 1.13. The Morgan fingerprint density at radius 2 is 1.57 bits per heavy atom. The monoisotopic (exact) mass is 177 g/mol. The van der Waals surface area contributed by atoms with E-state index in [4.69, 9.17) is 0 Å². The fraction of sp³-hybridized carbons (Fsp3) is 0. The Hall–Kier alpha value is -2.00. The van der Waals surface area contributed by atoms with Crippen molar-refractivity contribution >= 4 is 0 Å². The first kappa shape index (κ1) is 8.59. The summed E-state index contributed by atoms with van der Waals surface area (Å²) < 4.78 is 0. The maximum atomic E-state index is 3.08. The highest BCUT2D eigenvalue weighted by molar-refractivity contribution is 5.41. The highest BCUT2D eigenvalue weighted by Crippen LogP contribution is 1.98. The highest BCUT2D eigenvalue weighted by atomic mass is 13.9. The molecule has 2 aromatic rings. The van der Waals surface area contributed by atoms with Crippen LogP contribution >= 0.6 is 0 Å². The fourth-order valence-electron chi connectivity index (χ4n) is 1.13. The SMILES string of the molecule is C(#Cc1ccccc1)c1[c]cccc1. The summed E-state index contributed by atoms with van der Waals surface area (Å²) in [6.45, 7) is 0. The maximum absolute atomic E-state index is 3.08. The molecule has 0 heteroatoms. The largest absolute Gasteiger partial charge is 0.0622 e. The van der Waals surface area contributed by atoms with Crippen molar-refractivity contribution in [2.24, 2.45) is 0 Å². The van der Waals surface area contributed by atoms with Gasteiger partial charge in [0.2, 0.25) is 0 Å². The molecule has 2 rings (SSSR count). The lowest BCUT2D eigenvalue weighted by Gasteiger charge is -1.87. The maximum Gasteiger partial charge on any atom is 0.0327 e. The molecule has 0 fully saturated rings. The average molecular weight is 177 g/mol. The lowest BCUT2D eigenvalue weighted by Crippen LogP contribution is -1.74. The van der Waals surface area contributed by atoms with Gasteiger partial charge in [-0.1, -0.05) is 48.2 Å². The third-order valence-corrected chi connectivity index (χ3v) is 1.82. The third kappa shape index (κ3) is 2.24. The van der Waals surface area contributed by atoms with E-state index in [9.17, 15) is 0 Å². The van der Waals surface area contributed by atoms with E-state index >= 15 is 0 Å². The molecule has 0 bridgehead atoms. The Balaban J connectivity index is 2.24.